The largest absolute Gasteiger partial charge is 0.466 e. The van der Waals surface area contributed by atoms with E-state index in [1.807, 2.05) is 0 Å². The maximum atomic E-state index is 11.2. The molecule has 7 heteroatoms. The van der Waals surface area contributed by atoms with Gasteiger partial charge in [-0.3, -0.25) is 8.37 Å². The molecular weight excluding hydrogens is 224 g/mol. The van der Waals surface area contributed by atoms with Gasteiger partial charge in [0.2, 0.25) is 0 Å². The van der Waals surface area contributed by atoms with Crippen LogP contribution in [0.15, 0.2) is 11.6 Å². The Bertz CT molecular complexity index is 338. The lowest BCUT2D eigenvalue weighted by Crippen LogP contribution is -2.39. The number of carbonyl (C=O) groups is 1. The first-order valence-electron chi connectivity index (χ1n) is 4.35. The van der Waals surface area contributed by atoms with Crippen LogP contribution in [-0.2, 0) is 29.3 Å². The van der Waals surface area contributed by atoms with Crippen molar-refractivity contribution in [2.24, 2.45) is 0 Å². The SMILES string of the molecule is COC(=O)C1=C[C@H]2O[S@@](=O)O[C@H]2[C@H](O)C1. The zero-order valence-electron chi connectivity index (χ0n) is 7.91. The lowest BCUT2D eigenvalue weighted by atomic mass is 9.92. The van der Waals surface area contributed by atoms with Gasteiger partial charge in [0.05, 0.1) is 13.2 Å². The summed E-state index contributed by atoms with van der Waals surface area (Å²) in [5.41, 5.74) is 0.314. The van der Waals surface area contributed by atoms with E-state index in [-0.39, 0.29) is 6.42 Å². The van der Waals surface area contributed by atoms with Gasteiger partial charge in [-0.1, -0.05) is 0 Å². The van der Waals surface area contributed by atoms with Gasteiger partial charge in [-0.25, -0.2) is 4.79 Å². The highest BCUT2D eigenvalue weighted by atomic mass is 32.2. The van der Waals surface area contributed by atoms with Gasteiger partial charge < -0.3 is 9.84 Å². The lowest BCUT2D eigenvalue weighted by Gasteiger charge is -2.24. The number of carbonyl (C=O) groups excluding carboxylic acids is 1. The maximum absolute atomic E-state index is 11.2. The summed E-state index contributed by atoms with van der Waals surface area (Å²) in [4.78, 5) is 11.2. The normalized spacial score (nSPS) is 39.5. The number of hydrogen-bond donors (Lipinski definition) is 1. The molecule has 0 saturated carbocycles. The summed E-state index contributed by atoms with van der Waals surface area (Å²) in [5, 5.41) is 9.62. The van der Waals surface area contributed by atoms with E-state index in [4.69, 9.17) is 8.37 Å². The van der Waals surface area contributed by atoms with Crippen LogP contribution in [0.25, 0.3) is 0 Å². The van der Waals surface area contributed by atoms with E-state index in [0.717, 1.165) is 0 Å². The molecule has 0 aromatic carbocycles. The number of methoxy groups -OCH3 is 1. The number of fused-ring (bicyclic) bond motifs is 1. The zero-order valence-corrected chi connectivity index (χ0v) is 8.73. The van der Waals surface area contributed by atoms with Crippen molar-refractivity contribution in [1.29, 1.82) is 0 Å². The molecule has 2 aliphatic rings. The summed E-state index contributed by atoms with van der Waals surface area (Å²) in [5.74, 6) is -0.520. The van der Waals surface area contributed by atoms with Crippen LogP contribution in [0.3, 0.4) is 0 Å². The van der Waals surface area contributed by atoms with Crippen molar-refractivity contribution in [3.8, 4) is 0 Å². The molecule has 0 unspecified atom stereocenters. The van der Waals surface area contributed by atoms with Crippen LogP contribution in [0.4, 0.5) is 0 Å². The van der Waals surface area contributed by atoms with Gasteiger partial charge in [-0.2, -0.15) is 4.21 Å². The second-order valence-electron chi connectivity index (χ2n) is 3.28. The van der Waals surface area contributed by atoms with Crippen molar-refractivity contribution >= 4 is 17.3 Å². The van der Waals surface area contributed by atoms with Gasteiger partial charge in [0.15, 0.2) is 0 Å². The molecule has 1 N–H and O–H groups in total. The second kappa shape index (κ2) is 4.01. The molecule has 0 radical (unpaired) electrons. The van der Waals surface area contributed by atoms with Crippen molar-refractivity contribution in [2.75, 3.05) is 7.11 Å². The van der Waals surface area contributed by atoms with Crippen molar-refractivity contribution in [2.45, 2.75) is 24.7 Å². The van der Waals surface area contributed by atoms with Gasteiger partial charge in [0.1, 0.15) is 12.2 Å². The highest BCUT2D eigenvalue weighted by Crippen LogP contribution is 2.30. The zero-order chi connectivity index (χ0) is 11.0. The predicted octanol–water partition coefficient (Wildman–Crippen LogP) is -0.787. The average molecular weight is 234 g/mol. The Labute approximate surface area is 88.7 Å². The third-order valence-electron chi connectivity index (χ3n) is 2.32. The predicted molar refractivity (Wildman–Crippen MR) is 48.6 cm³/mol. The molecule has 15 heavy (non-hydrogen) atoms. The topological polar surface area (TPSA) is 82.1 Å². The summed E-state index contributed by atoms with van der Waals surface area (Å²) in [6.07, 6.45) is -0.619. The Hall–Kier alpha value is -0.760. The quantitative estimate of drug-likeness (QED) is 0.599. The fourth-order valence-electron chi connectivity index (χ4n) is 1.61. The summed E-state index contributed by atoms with van der Waals surface area (Å²) >= 11 is -1.85. The molecule has 1 saturated heterocycles. The highest BCUT2D eigenvalue weighted by Gasteiger charge is 2.43. The molecule has 4 atom stereocenters. The second-order valence-corrected chi connectivity index (χ2v) is 4.07. The minimum atomic E-state index is -1.85. The molecule has 0 amide bonds. The Morgan fingerprint density at radius 2 is 2.40 bits per heavy atom. The molecule has 0 aromatic heterocycles. The van der Waals surface area contributed by atoms with Crippen molar-refractivity contribution in [3.05, 3.63) is 11.6 Å². The Morgan fingerprint density at radius 3 is 3.07 bits per heavy atom. The molecule has 1 aliphatic heterocycles. The Balaban J connectivity index is 2.21. The molecular formula is C8H10O6S. The van der Waals surface area contributed by atoms with E-state index in [1.54, 1.807) is 0 Å². The van der Waals surface area contributed by atoms with E-state index in [2.05, 4.69) is 4.74 Å². The van der Waals surface area contributed by atoms with E-state index < -0.39 is 35.6 Å². The Kier molecular flexibility index (Phi) is 2.87. The van der Waals surface area contributed by atoms with E-state index in [9.17, 15) is 14.1 Å². The number of hydrogen-bond acceptors (Lipinski definition) is 6. The van der Waals surface area contributed by atoms with Crippen LogP contribution in [-0.4, -0.2) is 40.7 Å². The van der Waals surface area contributed by atoms with Crippen LogP contribution in [0.1, 0.15) is 6.42 Å². The number of aliphatic hydroxyl groups excluding tert-OH is 1. The standard InChI is InChI=1S/C8H10O6S/c1-12-8(10)4-2-5(9)7-6(3-4)13-15(11)14-7/h3,5-7,9H,2H2,1H3/t5-,6-,7+,15-/m1/s1. The van der Waals surface area contributed by atoms with Crippen LogP contribution < -0.4 is 0 Å². The van der Waals surface area contributed by atoms with Gasteiger partial charge in [0, 0.05) is 12.0 Å². The molecule has 1 aliphatic carbocycles. The third kappa shape index (κ3) is 1.96. The molecule has 1 heterocycles. The van der Waals surface area contributed by atoms with E-state index in [1.165, 1.54) is 13.2 Å². The average Bonchev–Trinajstić information content (AvgIpc) is 2.58. The van der Waals surface area contributed by atoms with Crippen molar-refractivity contribution in [1.82, 2.24) is 0 Å². The number of aliphatic hydroxyl groups is 1. The van der Waals surface area contributed by atoms with E-state index >= 15 is 0 Å². The summed E-state index contributed by atoms with van der Waals surface area (Å²) in [6.45, 7) is 0. The maximum Gasteiger partial charge on any atom is 0.333 e. The third-order valence-corrected chi connectivity index (χ3v) is 3.08. The molecule has 0 aromatic rings. The minimum Gasteiger partial charge on any atom is -0.466 e. The molecule has 6 nitrogen and oxygen atoms in total. The first-order chi connectivity index (χ1) is 7.11. The first-order valence-corrected chi connectivity index (χ1v) is 5.35. The number of rotatable bonds is 1. The van der Waals surface area contributed by atoms with Gasteiger partial charge in [-0.15, -0.1) is 0 Å². The van der Waals surface area contributed by atoms with Gasteiger partial charge in [0.25, 0.3) is 0 Å². The van der Waals surface area contributed by atoms with Crippen molar-refractivity contribution in [3.63, 3.8) is 0 Å². The minimum absolute atomic E-state index is 0.119. The van der Waals surface area contributed by atoms with Crippen LogP contribution in [0, 0.1) is 0 Å². The Morgan fingerprint density at radius 1 is 1.67 bits per heavy atom. The fraction of sp³-hybridized carbons (Fsp3) is 0.625. The molecule has 1 fully saturated rings. The molecule has 2 rings (SSSR count). The molecule has 0 bridgehead atoms. The summed E-state index contributed by atoms with van der Waals surface area (Å²) in [6, 6.07) is 0. The van der Waals surface area contributed by atoms with Crippen LogP contribution in [0.2, 0.25) is 0 Å². The van der Waals surface area contributed by atoms with Crippen molar-refractivity contribution < 1.29 is 27.2 Å². The number of esters is 1. The highest BCUT2D eigenvalue weighted by molar-refractivity contribution is 7.75. The summed E-state index contributed by atoms with van der Waals surface area (Å²) < 4.78 is 25.1. The number of ether oxygens (including phenoxy) is 1. The molecule has 0 spiro atoms. The van der Waals surface area contributed by atoms with Crippen LogP contribution in [0.5, 0.6) is 0 Å². The summed E-state index contributed by atoms with van der Waals surface area (Å²) in [7, 11) is 1.26. The fourth-order valence-corrected chi connectivity index (χ4v) is 2.42. The van der Waals surface area contributed by atoms with Crippen LogP contribution >= 0.6 is 0 Å². The first kappa shape index (κ1) is 10.7. The van der Waals surface area contributed by atoms with Gasteiger partial charge >= 0.3 is 17.3 Å². The van der Waals surface area contributed by atoms with E-state index in [0.29, 0.717) is 5.57 Å². The lowest BCUT2D eigenvalue weighted by molar-refractivity contribution is -0.137. The van der Waals surface area contributed by atoms with Gasteiger partial charge in [-0.05, 0) is 6.08 Å². The monoisotopic (exact) mass is 234 g/mol. The smallest absolute Gasteiger partial charge is 0.333 e. The molecule has 84 valence electrons.